The molecule has 0 saturated heterocycles. The molecule has 1 aromatic heterocycles. The van der Waals surface area contributed by atoms with Gasteiger partial charge in [0.25, 0.3) is 0 Å². The highest BCUT2D eigenvalue weighted by Crippen LogP contribution is 2.15. The summed E-state index contributed by atoms with van der Waals surface area (Å²) in [5.41, 5.74) is -0.0158. The first-order valence-electron chi connectivity index (χ1n) is 3.30. The van der Waals surface area contributed by atoms with Gasteiger partial charge in [-0.15, -0.1) is 0 Å². The molecule has 0 aliphatic rings. The summed E-state index contributed by atoms with van der Waals surface area (Å²) in [7, 11) is 5.27. The molecule has 0 aliphatic heterocycles. The van der Waals surface area contributed by atoms with Crippen molar-refractivity contribution in [3.8, 4) is 0 Å². The van der Waals surface area contributed by atoms with E-state index in [4.69, 9.17) is 7.85 Å². The monoisotopic (exact) mass is 148 g/mol. The molecule has 0 unspecified atom stereocenters. The lowest BCUT2D eigenvalue weighted by molar-refractivity contribution is 0.0779. The zero-order chi connectivity index (χ0) is 8.48. The molecule has 1 heterocycles. The average molecular weight is 148 g/mol. The van der Waals surface area contributed by atoms with E-state index in [0.29, 0.717) is 5.56 Å². The molecule has 0 fully saturated rings. The van der Waals surface area contributed by atoms with Crippen molar-refractivity contribution in [3.63, 3.8) is 0 Å². The molecule has 0 aliphatic carbocycles. The Balaban J connectivity index is 2.99. The molecule has 0 saturated carbocycles. The third-order valence-corrected chi connectivity index (χ3v) is 1.38. The van der Waals surface area contributed by atoms with Crippen LogP contribution in [0, 0.1) is 0 Å². The van der Waals surface area contributed by atoms with E-state index in [0.717, 1.165) is 0 Å². The van der Waals surface area contributed by atoms with E-state index in [1.54, 1.807) is 13.8 Å². The molecule has 0 atom stereocenters. The Morgan fingerprint density at radius 2 is 1.82 bits per heavy atom. The van der Waals surface area contributed by atoms with Gasteiger partial charge in [-0.3, -0.25) is 9.97 Å². The first-order chi connectivity index (χ1) is 5.00. The van der Waals surface area contributed by atoms with Crippen LogP contribution in [0.4, 0.5) is 0 Å². The van der Waals surface area contributed by atoms with Gasteiger partial charge in [0, 0.05) is 18.0 Å². The first kappa shape index (κ1) is 8.20. The molecule has 0 amide bonds. The van der Waals surface area contributed by atoms with Gasteiger partial charge >= 0.3 is 0 Å². The molecule has 0 aromatic carbocycles. The van der Waals surface area contributed by atoms with Crippen molar-refractivity contribution in [3.05, 3.63) is 18.0 Å². The maximum Gasteiger partial charge on any atom is 0.170 e. The highest BCUT2D eigenvalue weighted by molar-refractivity contribution is 6.28. The minimum atomic E-state index is -0.895. The molecule has 0 bridgehead atoms. The fourth-order valence-corrected chi connectivity index (χ4v) is 0.654. The number of rotatable bonds is 1. The van der Waals surface area contributed by atoms with E-state index < -0.39 is 5.60 Å². The van der Waals surface area contributed by atoms with Gasteiger partial charge in [-0.2, -0.15) is 0 Å². The highest BCUT2D eigenvalue weighted by atomic mass is 16.3. The normalized spacial score (nSPS) is 11.5. The second-order valence-corrected chi connectivity index (χ2v) is 2.89. The molecule has 0 spiro atoms. The number of hydrogen-bond acceptors (Lipinski definition) is 3. The summed E-state index contributed by atoms with van der Waals surface area (Å²) >= 11 is 0. The second kappa shape index (κ2) is 2.62. The van der Waals surface area contributed by atoms with E-state index >= 15 is 0 Å². The standard InChI is InChI=1S/C7H9BN2O/c1-7(2,11)5-3-9-6(8)10-4-5/h3-4,11H,1-2H3. The van der Waals surface area contributed by atoms with Crippen LogP contribution >= 0.6 is 0 Å². The Hall–Kier alpha value is -0.895. The lowest BCUT2D eigenvalue weighted by atomic mass is 10.0. The number of hydrogen-bond donors (Lipinski definition) is 1. The Bertz CT molecular complexity index is 240. The number of nitrogens with zero attached hydrogens (tertiary/aromatic N) is 2. The van der Waals surface area contributed by atoms with Crippen molar-refractivity contribution < 1.29 is 5.11 Å². The van der Waals surface area contributed by atoms with Crippen molar-refractivity contribution in [2.45, 2.75) is 19.4 Å². The van der Waals surface area contributed by atoms with Crippen LogP contribution in [0.15, 0.2) is 12.4 Å². The van der Waals surface area contributed by atoms with Crippen LogP contribution in [0.3, 0.4) is 0 Å². The SMILES string of the molecule is [B]c1ncc(C(C)(C)O)cn1. The lowest BCUT2D eigenvalue weighted by Gasteiger charge is -2.16. The maximum absolute atomic E-state index is 9.46. The largest absolute Gasteiger partial charge is 0.386 e. The predicted octanol–water partition coefficient (Wildman–Crippen LogP) is -0.502. The van der Waals surface area contributed by atoms with Gasteiger partial charge in [0.05, 0.1) is 11.3 Å². The van der Waals surface area contributed by atoms with Crippen LogP contribution in [0.5, 0.6) is 0 Å². The van der Waals surface area contributed by atoms with Crippen molar-refractivity contribution in [2.24, 2.45) is 0 Å². The third-order valence-electron chi connectivity index (χ3n) is 1.38. The molecule has 2 radical (unpaired) electrons. The molecule has 11 heavy (non-hydrogen) atoms. The number of aliphatic hydroxyl groups is 1. The topological polar surface area (TPSA) is 46.0 Å². The minimum Gasteiger partial charge on any atom is -0.386 e. The molecule has 1 aromatic rings. The Labute approximate surface area is 66.9 Å². The van der Waals surface area contributed by atoms with Crippen molar-refractivity contribution in [2.75, 3.05) is 0 Å². The molecular formula is C7H9BN2O. The van der Waals surface area contributed by atoms with Gasteiger partial charge in [0.1, 0.15) is 0 Å². The fraction of sp³-hybridized carbons (Fsp3) is 0.429. The van der Waals surface area contributed by atoms with Crippen LogP contribution in [0.1, 0.15) is 19.4 Å². The van der Waals surface area contributed by atoms with Crippen LogP contribution in [0.2, 0.25) is 0 Å². The van der Waals surface area contributed by atoms with Gasteiger partial charge < -0.3 is 5.11 Å². The zero-order valence-corrected chi connectivity index (χ0v) is 6.57. The molecular weight excluding hydrogens is 139 g/mol. The van der Waals surface area contributed by atoms with Gasteiger partial charge in [-0.05, 0) is 13.8 Å². The smallest absolute Gasteiger partial charge is 0.170 e. The summed E-state index contributed by atoms with van der Waals surface area (Å²) in [5.74, 6) is 0. The maximum atomic E-state index is 9.46. The van der Waals surface area contributed by atoms with Gasteiger partial charge in [-0.25, -0.2) is 0 Å². The van der Waals surface area contributed by atoms with E-state index in [2.05, 4.69) is 9.97 Å². The van der Waals surface area contributed by atoms with Crippen molar-refractivity contribution >= 4 is 13.6 Å². The van der Waals surface area contributed by atoms with Crippen molar-refractivity contribution in [1.29, 1.82) is 0 Å². The molecule has 1 N–H and O–H groups in total. The highest BCUT2D eigenvalue weighted by Gasteiger charge is 2.15. The quantitative estimate of drug-likeness (QED) is 0.546. The molecule has 1 rings (SSSR count). The van der Waals surface area contributed by atoms with E-state index in [-0.39, 0.29) is 5.72 Å². The first-order valence-corrected chi connectivity index (χ1v) is 3.30. The summed E-state index contributed by atoms with van der Waals surface area (Å²) in [6.07, 6.45) is 3.03. The van der Waals surface area contributed by atoms with E-state index in [1.807, 2.05) is 0 Å². The summed E-state index contributed by atoms with van der Waals surface area (Å²) < 4.78 is 0. The van der Waals surface area contributed by atoms with Gasteiger partial charge in [-0.1, -0.05) is 0 Å². The Kier molecular flexibility index (Phi) is 1.96. The third kappa shape index (κ3) is 2.01. The summed E-state index contributed by atoms with van der Waals surface area (Å²) in [4.78, 5) is 7.50. The lowest BCUT2D eigenvalue weighted by Crippen LogP contribution is -2.20. The minimum absolute atomic E-state index is 0.220. The second-order valence-electron chi connectivity index (χ2n) is 2.89. The molecule has 3 nitrogen and oxygen atoms in total. The summed E-state index contributed by atoms with van der Waals surface area (Å²) in [6, 6.07) is 0. The fourth-order valence-electron chi connectivity index (χ4n) is 0.654. The van der Waals surface area contributed by atoms with Crippen LogP contribution < -0.4 is 5.72 Å². The van der Waals surface area contributed by atoms with Gasteiger partial charge in [0.2, 0.25) is 0 Å². The Morgan fingerprint density at radius 3 is 2.18 bits per heavy atom. The van der Waals surface area contributed by atoms with E-state index in [1.165, 1.54) is 12.4 Å². The molecule has 4 heteroatoms. The van der Waals surface area contributed by atoms with Crippen LogP contribution in [-0.2, 0) is 5.60 Å². The van der Waals surface area contributed by atoms with Gasteiger partial charge in [0.15, 0.2) is 7.85 Å². The zero-order valence-electron chi connectivity index (χ0n) is 6.57. The Morgan fingerprint density at radius 1 is 1.36 bits per heavy atom. The molecule has 56 valence electrons. The van der Waals surface area contributed by atoms with Crippen LogP contribution in [-0.4, -0.2) is 22.9 Å². The predicted molar refractivity (Wildman–Crippen MR) is 42.7 cm³/mol. The van der Waals surface area contributed by atoms with Crippen LogP contribution in [0.25, 0.3) is 0 Å². The summed E-state index contributed by atoms with van der Waals surface area (Å²) in [5, 5.41) is 9.46. The number of aromatic nitrogens is 2. The van der Waals surface area contributed by atoms with E-state index in [9.17, 15) is 5.11 Å². The average Bonchev–Trinajstić information content (AvgIpc) is 1.86. The van der Waals surface area contributed by atoms with Crippen molar-refractivity contribution in [1.82, 2.24) is 9.97 Å². The summed E-state index contributed by atoms with van der Waals surface area (Å²) in [6.45, 7) is 3.34.